The number of nitrogens with two attached hydrogens (primary N) is 1. The molecular formula is C15H15N3OS. The van der Waals surface area contributed by atoms with E-state index in [4.69, 9.17) is 5.73 Å². The summed E-state index contributed by atoms with van der Waals surface area (Å²) in [5.41, 5.74) is 9.41. The molecule has 2 rings (SSSR count). The fourth-order valence-electron chi connectivity index (χ4n) is 1.69. The number of hydrogen-bond donors (Lipinski definition) is 2. The number of aromatic nitrogens is 1. The lowest BCUT2D eigenvalue weighted by atomic mass is 10.0. The van der Waals surface area contributed by atoms with E-state index >= 15 is 0 Å². The van der Waals surface area contributed by atoms with Gasteiger partial charge in [-0.1, -0.05) is 23.5 Å². The van der Waals surface area contributed by atoms with Crippen molar-refractivity contribution >= 4 is 17.2 Å². The van der Waals surface area contributed by atoms with Gasteiger partial charge >= 0.3 is 0 Å². The van der Waals surface area contributed by atoms with Crippen LogP contribution in [0.1, 0.15) is 26.4 Å². The summed E-state index contributed by atoms with van der Waals surface area (Å²) in [7, 11) is 0. The van der Waals surface area contributed by atoms with Gasteiger partial charge in [0.05, 0.1) is 24.2 Å². The van der Waals surface area contributed by atoms with Gasteiger partial charge in [0.1, 0.15) is 0 Å². The van der Waals surface area contributed by atoms with Crippen LogP contribution in [0, 0.1) is 18.8 Å². The van der Waals surface area contributed by atoms with Crippen LogP contribution in [-0.4, -0.2) is 17.4 Å². The number of hydrogen-bond acceptors (Lipinski definition) is 4. The molecule has 0 spiro atoms. The van der Waals surface area contributed by atoms with Gasteiger partial charge < -0.3 is 11.1 Å². The first-order valence-corrected chi connectivity index (χ1v) is 7.04. The third kappa shape index (κ3) is 3.67. The van der Waals surface area contributed by atoms with E-state index in [1.54, 1.807) is 11.7 Å². The quantitative estimate of drug-likeness (QED) is 0.843. The second-order valence-corrected chi connectivity index (χ2v) is 5.18. The molecule has 0 fully saturated rings. The standard InChI is InChI=1S/C15H15N3OS/c1-11-4-5-12(3-2-6-16)14(7-11)15(19)18-9-13-8-17-10-20-13/h4-5,7-8,10H,6,9,16H2,1H3,(H,18,19). The van der Waals surface area contributed by atoms with Crippen LogP contribution in [0.4, 0.5) is 0 Å². The molecule has 5 heteroatoms. The predicted octanol–water partition coefficient (Wildman–Crippen LogP) is 1.69. The smallest absolute Gasteiger partial charge is 0.252 e. The zero-order valence-electron chi connectivity index (χ0n) is 11.1. The number of aryl methyl sites for hydroxylation is 1. The Kier molecular flexibility index (Phi) is 4.88. The summed E-state index contributed by atoms with van der Waals surface area (Å²) in [5.74, 6) is 5.57. The highest BCUT2D eigenvalue weighted by atomic mass is 32.1. The van der Waals surface area contributed by atoms with Crippen LogP contribution in [0.3, 0.4) is 0 Å². The molecule has 1 aromatic carbocycles. The highest BCUT2D eigenvalue weighted by Gasteiger charge is 2.10. The van der Waals surface area contributed by atoms with Crippen molar-refractivity contribution in [3.63, 3.8) is 0 Å². The summed E-state index contributed by atoms with van der Waals surface area (Å²) >= 11 is 1.51. The summed E-state index contributed by atoms with van der Waals surface area (Å²) in [6, 6.07) is 5.61. The lowest BCUT2D eigenvalue weighted by Crippen LogP contribution is -2.23. The number of amides is 1. The van der Waals surface area contributed by atoms with E-state index in [0.717, 1.165) is 10.4 Å². The highest BCUT2D eigenvalue weighted by molar-refractivity contribution is 7.09. The zero-order valence-corrected chi connectivity index (χ0v) is 12.0. The molecule has 0 saturated carbocycles. The fourth-order valence-corrected chi connectivity index (χ4v) is 2.23. The third-order valence-corrected chi connectivity index (χ3v) is 3.43. The van der Waals surface area contributed by atoms with Gasteiger partial charge in [-0.05, 0) is 19.1 Å². The summed E-state index contributed by atoms with van der Waals surface area (Å²) in [4.78, 5) is 17.2. The Morgan fingerprint density at radius 3 is 3.05 bits per heavy atom. The minimum absolute atomic E-state index is 0.136. The first kappa shape index (κ1) is 14.3. The molecule has 0 unspecified atom stereocenters. The van der Waals surface area contributed by atoms with Crippen molar-refractivity contribution in [1.29, 1.82) is 0 Å². The van der Waals surface area contributed by atoms with Crippen LogP contribution in [0.5, 0.6) is 0 Å². The Balaban J connectivity index is 2.17. The molecule has 0 aliphatic heterocycles. The number of benzene rings is 1. The summed E-state index contributed by atoms with van der Waals surface area (Å²) in [5, 5.41) is 2.88. The molecule has 2 aromatic rings. The largest absolute Gasteiger partial charge is 0.347 e. The molecule has 0 aliphatic carbocycles. The monoisotopic (exact) mass is 285 g/mol. The van der Waals surface area contributed by atoms with Gasteiger partial charge in [0, 0.05) is 16.6 Å². The molecule has 0 aliphatic rings. The molecule has 0 bridgehead atoms. The number of carbonyl (C=O) groups is 1. The van der Waals surface area contributed by atoms with Crippen LogP contribution in [-0.2, 0) is 6.54 Å². The van der Waals surface area contributed by atoms with E-state index in [-0.39, 0.29) is 12.5 Å². The topological polar surface area (TPSA) is 68.0 Å². The molecule has 1 heterocycles. The van der Waals surface area contributed by atoms with Gasteiger partial charge in [0.2, 0.25) is 0 Å². The van der Waals surface area contributed by atoms with Gasteiger partial charge in [0.15, 0.2) is 0 Å². The van der Waals surface area contributed by atoms with Gasteiger partial charge in [-0.15, -0.1) is 11.3 Å². The normalized spacial score (nSPS) is 9.70. The van der Waals surface area contributed by atoms with E-state index in [0.29, 0.717) is 17.7 Å². The van der Waals surface area contributed by atoms with Crippen molar-refractivity contribution in [2.24, 2.45) is 5.73 Å². The maximum Gasteiger partial charge on any atom is 0.252 e. The highest BCUT2D eigenvalue weighted by Crippen LogP contribution is 2.12. The molecule has 0 saturated heterocycles. The number of carbonyl (C=O) groups excluding carboxylic acids is 1. The van der Waals surface area contributed by atoms with Crippen molar-refractivity contribution < 1.29 is 4.79 Å². The van der Waals surface area contributed by atoms with Crippen molar-refractivity contribution in [2.75, 3.05) is 6.54 Å². The maximum atomic E-state index is 12.3. The molecule has 1 amide bonds. The minimum Gasteiger partial charge on any atom is -0.347 e. The predicted molar refractivity (Wildman–Crippen MR) is 80.4 cm³/mol. The van der Waals surface area contributed by atoms with E-state index in [1.165, 1.54) is 11.3 Å². The number of nitrogens with zero attached hydrogens (tertiary/aromatic N) is 1. The lowest BCUT2D eigenvalue weighted by Gasteiger charge is -2.07. The van der Waals surface area contributed by atoms with Crippen molar-refractivity contribution in [1.82, 2.24) is 10.3 Å². The molecule has 3 N–H and O–H groups in total. The maximum absolute atomic E-state index is 12.3. The Hall–Kier alpha value is -2.16. The van der Waals surface area contributed by atoms with Gasteiger partial charge in [-0.3, -0.25) is 9.78 Å². The molecule has 20 heavy (non-hydrogen) atoms. The van der Waals surface area contributed by atoms with Crippen LogP contribution < -0.4 is 11.1 Å². The summed E-state index contributed by atoms with van der Waals surface area (Å²) < 4.78 is 0. The SMILES string of the molecule is Cc1ccc(C#CCN)c(C(=O)NCc2cncs2)c1. The van der Waals surface area contributed by atoms with Crippen molar-refractivity contribution in [2.45, 2.75) is 13.5 Å². The summed E-state index contributed by atoms with van der Waals surface area (Å²) in [6.45, 7) is 2.69. The molecule has 1 aromatic heterocycles. The van der Waals surface area contributed by atoms with Crippen LogP contribution in [0.15, 0.2) is 29.9 Å². The van der Waals surface area contributed by atoms with Gasteiger partial charge in [-0.25, -0.2) is 0 Å². The Labute approximate surface area is 122 Å². The Morgan fingerprint density at radius 2 is 2.35 bits per heavy atom. The first-order valence-electron chi connectivity index (χ1n) is 6.16. The third-order valence-electron chi connectivity index (χ3n) is 2.65. The van der Waals surface area contributed by atoms with Crippen LogP contribution >= 0.6 is 11.3 Å². The number of nitrogens with one attached hydrogen (secondary N) is 1. The average Bonchev–Trinajstić information content (AvgIpc) is 2.96. The first-order chi connectivity index (χ1) is 9.70. The molecular weight excluding hydrogens is 270 g/mol. The number of rotatable bonds is 3. The van der Waals surface area contributed by atoms with Crippen molar-refractivity contribution in [3.8, 4) is 11.8 Å². The second-order valence-electron chi connectivity index (χ2n) is 4.21. The molecule has 4 nitrogen and oxygen atoms in total. The fraction of sp³-hybridized carbons (Fsp3) is 0.200. The molecule has 0 radical (unpaired) electrons. The van der Waals surface area contributed by atoms with E-state index in [1.807, 2.05) is 25.1 Å². The number of thiazole rings is 1. The van der Waals surface area contributed by atoms with E-state index in [2.05, 4.69) is 22.1 Å². The van der Waals surface area contributed by atoms with Crippen LogP contribution in [0.2, 0.25) is 0 Å². The van der Waals surface area contributed by atoms with Gasteiger partial charge in [0.25, 0.3) is 5.91 Å². The van der Waals surface area contributed by atoms with Crippen LogP contribution in [0.25, 0.3) is 0 Å². The average molecular weight is 285 g/mol. The Morgan fingerprint density at radius 1 is 1.50 bits per heavy atom. The van der Waals surface area contributed by atoms with Gasteiger partial charge in [-0.2, -0.15) is 0 Å². The van der Waals surface area contributed by atoms with Crippen molar-refractivity contribution in [3.05, 3.63) is 51.5 Å². The van der Waals surface area contributed by atoms with E-state index in [9.17, 15) is 4.79 Å². The second kappa shape index (κ2) is 6.85. The zero-order chi connectivity index (χ0) is 14.4. The van der Waals surface area contributed by atoms with E-state index < -0.39 is 0 Å². The molecule has 0 atom stereocenters. The summed E-state index contributed by atoms with van der Waals surface area (Å²) in [6.07, 6.45) is 1.75. The minimum atomic E-state index is -0.136. The molecule has 102 valence electrons. The lowest BCUT2D eigenvalue weighted by molar-refractivity contribution is 0.0951. The Bertz CT molecular complexity index is 653.